The van der Waals surface area contributed by atoms with Crippen LogP contribution in [0.4, 0.5) is 9.93 Å². The van der Waals surface area contributed by atoms with Crippen molar-refractivity contribution in [3.05, 3.63) is 10.6 Å². The molecule has 0 aromatic carbocycles. The Morgan fingerprint density at radius 1 is 1.13 bits per heavy atom. The van der Waals surface area contributed by atoms with E-state index >= 15 is 0 Å². The number of anilines is 1. The molecule has 1 aromatic heterocycles. The van der Waals surface area contributed by atoms with Gasteiger partial charge in [-0.05, 0) is 44.4 Å². The number of nitrogens with zero attached hydrogens (tertiary/aromatic N) is 2. The number of aromatic nitrogens is 1. The molecule has 3 aliphatic rings. The van der Waals surface area contributed by atoms with Crippen molar-refractivity contribution in [3.8, 4) is 0 Å². The Bertz CT molecular complexity index is 736. The Hall–Kier alpha value is -1.63. The Morgan fingerprint density at radius 3 is 2.63 bits per heavy atom. The van der Waals surface area contributed by atoms with Crippen LogP contribution in [0.15, 0.2) is 0 Å². The number of hydrogen-bond acceptors (Lipinski definition) is 4. The van der Waals surface area contributed by atoms with E-state index in [1.165, 1.54) is 56.3 Å². The predicted octanol–water partition coefficient (Wildman–Crippen LogP) is 5.09. The number of carbonyl (C=O) groups excluding carboxylic acids is 2. The fourth-order valence-corrected chi connectivity index (χ4v) is 6.29. The maximum absolute atomic E-state index is 13.1. The third-order valence-corrected chi connectivity index (χ3v) is 8.11. The van der Waals surface area contributed by atoms with Crippen LogP contribution in [0.5, 0.6) is 0 Å². The van der Waals surface area contributed by atoms with Gasteiger partial charge in [0.25, 0.3) is 0 Å². The van der Waals surface area contributed by atoms with E-state index in [9.17, 15) is 9.59 Å². The van der Waals surface area contributed by atoms with Crippen LogP contribution in [-0.4, -0.2) is 34.4 Å². The first-order valence-corrected chi connectivity index (χ1v) is 12.8. The molecule has 30 heavy (non-hydrogen) atoms. The number of fused-ring (bicyclic) bond motifs is 1. The van der Waals surface area contributed by atoms with E-state index in [1.54, 1.807) is 0 Å². The van der Waals surface area contributed by atoms with E-state index in [2.05, 4.69) is 22.5 Å². The Morgan fingerprint density at radius 2 is 1.90 bits per heavy atom. The van der Waals surface area contributed by atoms with Gasteiger partial charge < -0.3 is 10.2 Å². The second-order valence-electron chi connectivity index (χ2n) is 9.34. The lowest BCUT2D eigenvalue weighted by Gasteiger charge is -2.33. The number of unbranched alkanes of at least 4 members (excludes halogenated alkanes) is 1. The van der Waals surface area contributed by atoms with Crippen molar-refractivity contribution in [1.82, 2.24) is 15.2 Å². The molecule has 2 fully saturated rings. The van der Waals surface area contributed by atoms with Crippen molar-refractivity contribution in [1.29, 1.82) is 0 Å². The van der Waals surface area contributed by atoms with Crippen LogP contribution in [-0.2, 0) is 17.8 Å². The van der Waals surface area contributed by atoms with Gasteiger partial charge in [0.05, 0.1) is 12.2 Å². The first-order chi connectivity index (χ1) is 14.6. The zero-order chi connectivity index (χ0) is 20.9. The van der Waals surface area contributed by atoms with Crippen molar-refractivity contribution < 1.29 is 9.59 Å². The molecule has 1 aromatic rings. The molecule has 0 spiro atoms. The summed E-state index contributed by atoms with van der Waals surface area (Å²) in [5.41, 5.74) is 1.04. The molecule has 0 atom stereocenters. The monoisotopic (exact) mass is 432 g/mol. The summed E-state index contributed by atoms with van der Waals surface area (Å²) in [6.45, 7) is 3.65. The fourth-order valence-electron chi connectivity index (χ4n) is 5.27. The minimum Gasteiger partial charge on any atom is -0.337 e. The first-order valence-electron chi connectivity index (χ1n) is 12.0. The van der Waals surface area contributed by atoms with Crippen LogP contribution in [0, 0.1) is 11.8 Å². The number of nitrogens with one attached hydrogen (secondary N) is 2. The molecule has 0 bridgehead atoms. The lowest BCUT2D eigenvalue weighted by molar-refractivity contribution is -0.137. The third-order valence-electron chi connectivity index (χ3n) is 7.12. The number of amides is 3. The van der Waals surface area contributed by atoms with E-state index in [1.807, 2.05) is 4.90 Å². The van der Waals surface area contributed by atoms with Gasteiger partial charge in [0.15, 0.2) is 5.13 Å². The highest BCUT2D eigenvalue weighted by Gasteiger charge is 2.32. The van der Waals surface area contributed by atoms with Crippen LogP contribution < -0.4 is 10.6 Å². The molecule has 0 radical (unpaired) electrons. The summed E-state index contributed by atoms with van der Waals surface area (Å²) in [7, 11) is 0. The van der Waals surface area contributed by atoms with Gasteiger partial charge in [-0.3, -0.25) is 10.1 Å². The van der Waals surface area contributed by atoms with Gasteiger partial charge in [0.1, 0.15) is 0 Å². The van der Waals surface area contributed by atoms with Crippen LogP contribution >= 0.6 is 11.3 Å². The fraction of sp³-hybridized carbons (Fsp3) is 0.783. The first kappa shape index (κ1) is 21.6. The lowest BCUT2D eigenvalue weighted by Crippen LogP contribution is -2.40. The molecular formula is C23H36N4O2S. The topological polar surface area (TPSA) is 74.3 Å². The minimum absolute atomic E-state index is 0.152. The number of carbonyl (C=O) groups is 2. The molecule has 4 rings (SSSR count). The van der Waals surface area contributed by atoms with Crippen LogP contribution in [0.1, 0.15) is 88.1 Å². The molecular weight excluding hydrogens is 396 g/mol. The van der Waals surface area contributed by atoms with Gasteiger partial charge in [-0.2, -0.15) is 0 Å². The molecule has 2 aliphatic carbocycles. The maximum Gasteiger partial charge on any atom is 0.321 e. The van der Waals surface area contributed by atoms with Gasteiger partial charge in [-0.1, -0.05) is 50.4 Å². The highest BCUT2D eigenvalue weighted by Crippen LogP contribution is 2.35. The molecule has 2 saturated carbocycles. The molecule has 1 aliphatic heterocycles. The number of hydrogen-bond donors (Lipinski definition) is 2. The zero-order valence-corrected chi connectivity index (χ0v) is 19.1. The van der Waals surface area contributed by atoms with Gasteiger partial charge in [0, 0.05) is 29.8 Å². The third kappa shape index (κ3) is 5.34. The summed E-state index contributed by atoms with van der Waals surface area (Å²) in [4.78, 5) is 33.1. The van der Waals surface area contributed by atoms with Gasteiger partial charge in [-0.15, -0.1) is 0 Å². The summed E-state index contributed by atoms with van der Waals surface area (Å²) in [6.07, 6.45) is 13.7. The summed E-state index contributed by atoms with van der Waals surface area (Å²) in [6, 6.07) is 0.144. The van der Waals surface area contributed by atoms with E-state index in [0.717, 1.165) is 55.1 Å². The highest BCUT2D eigenvalue weighted by atomic mass is 32.1. The standard InChI is InChI=1S/C23H36N4O2S/c1-2-3-6-16-9-11-17(12-10-16)21(28)27-14-13-19-20(15-27)30-23(25-19)26-22(29)24-18-7-4-5-8-18/h16-18H,2-15H2,1H3,(H2,24,25,26,29). The molecule has 6 nitrogen and oxygen atoms in total. The van der Waals surface area contributed by atoms with Crippen molar-refractivity contribution in [3.63, 3.8) is 0 Å². The highest BCUT2D eigenvalue weighted by molar-refractivity contribution is 7.15. The van der Waals surface area contributed by atoms with Crippen molar-refractivity contribution >= 4 is 28.4 Å². The largest absolute Gasteiger partial charge is 0.337 e. The summed E-state index contributed by atoms with van der Waals surface area (Å²) in [5, 5.41) is 6.61. The maximum atomic E-state index is 13.1. The van der Waals surface area contributed by atoms with Gasteiger partial charge in [-0.25, -0.2) is 9.78 Å². The number of rotatable bonds is 6. The summed E-state index contributed by atoms with van der Waals surface area (Å²) >= 11 is 1.52. The Labute approximate surface area is 184 Å². The normalized spacial score (nSPS) is 24.5. The molecule has 0 saturated heterocycles. The van der Waals surface area contributed by atoms with Crippen molar-refractivity contribution in [2.75, 3.05) is 11.9 Å². The number of urea groups is 1. The molecule has 166 valence electrons. The smallest absolute Gasteiger partial charge is 0.321 e. The van der Waals surface area contributed by atoms with Gasteiger partial charge in [0.2, 0.25) is 5.91 Å². The predicted molar refractivity (Wildman–Crippen MR) is 121 cm³/mol. The van der Waals surface area contributed by atoms with E-state index in [0.29, 0.717) is 23.6 Å². The molecule has 3 amide bonds. The quantitative estimate of drug-likeness (QED) is 0.658. The van der Waals surface area contributed by atoms with Crippen LogP contribution in [0.25, 0.3) is 0 Å². The van der Waals surface area contributed by atoms with E-state index < -0.39 is 0 Å². The van der Waals surface area contributed by atoms with Gasteiger partial charge >= 0.3 is 6.03 Å². The molecule has 2 heterocycles. The summed E-state index contributed by atoms with van der Waals surface area (Å²) in [5.74, 6) is 1.36. The average molecular weight is 433 g/mol. The second kappa shape index (κ2) is 10.1. The molecule has 7 heteroatoms. The molecule has 0 unspecified atom stereocenters. The lowest BCUT2D eigenvalue weighted by atomic mass is 9.79. The number of thiazole rings is 1. The van der Waals surface area contributed by atoms with Crippen molar-refractivity contribution in [2.45, 2.75) is 96.6 Å². The van der Waals surface area contributed by atoms with E-state index in [-0.39, 0.29) is 11.9 Å². The minimum atomic E-state index is -0.152. The second-order valence-corrected chi connectivity index (χ2v) is 10.4. The Kier molecular flexibility index (Phi) is 7.28. The van der Waals surface area contributed by atoms with Crippen LogP contribution in [0.3, 0.4) is 0 Å². The van der Waals surface area contributed by atoms with E-state index in [4.69, 9.17) is 0 Å². The average Bonchev–Trinajstić information content (AvgIpc) is 3.40. The SMILES string of the molecule is CCCCC1CCC(C(=O)N2CCc3nc(NC(=O)NC4CCCC4)sc3C2)CC1. The van der Waals surface area contributed by atoms with Crippen LogP contribution in [0.2, 0.25) is 0 Å². The molecule has 2 N–H and O–H groups in total. The summed E-state index contributed by atoms with van der Waals surface area (Å²) < 4.78 is 0. The van der Waals surface area contributed by atoms with Crippen molar-refractivity contribution in [2.24, 2.45) is 11.8 Å². The Balaban J connectivity index is 1.27. The zero-order valence-electron chi connectivity index (χ0n) is 18.3.